The van der Waals surface area contributed by atoms with E-state index in [0.717, 1.165) is 6.42 Å². The summed E-state index contributed by atoms with van der Waals surface area (Å²) in [6.45, 7) is 10.1. The van der Waals surface area contributed by atoms with Gasteiger partial charge in [0.2, 0.25) is 0 Å². The maximum Gasteiger partial charge on any atom is 0.534 e. The molecule has 2 rings (SSSR count). The van der Waals surface area contributed by atoms with E-state index in [1.54, 1.807) is 6.20 Å². The molecule has 88 valence electrons. The molecule has 1 unspecified atom stereocenters. The molecule has 5 heteroatoms. The van der Waals surface area contributed by atoms with Crippen LogP contribution < -0.4 is 5.66 Å². The molecule has 0 aliphatic carbocycles. The van der Waals surface area contributed by atoms with Gasteiger partial charge >= 0.3 is 7.12 Å². The normalized spacial score (nSPS) is 28.7. The van der Waals surface area contributed by atoms with Crippen LogP contribution in [0.1, 0.15) is 40.0 Å². The fourth-order valence-corrected chi connectivity index (χ4v) is 1.91. The number of rotatable bonds is 2. The van der Waals surface area contributed by atoms with Gasteiger partial charge in [-0.25, -0.2) is 4.98 Å². The molecule has 1 fully saturated rings. The van der Waals surface area contributed by atoms with E-state index < -0.39 is 7.12 Å². The lowest BCUT2D eigenvalue weighted by Gasteiger charge is -2.35. The second kappa shape index (κ2) is 3.60. The Hall–Kier alpha value is -0.805. The molecule has 1 aromatic heterocycles. The highest BCUT2D eigenvalue weighted by Crippen LogP contribution is 2.39. The summed E-state index contributed by atoms with van der Waals surface area (Å²) in [6, 6.07) is 0. The molecule has 1 aliphatic rings. The number of oxazole rings is 1. The van der Waals surface area contributed by atoms with Crippen molar-refractivity contribution in [2.24, 2.45) is 0 Å². The van der Waals surface area contributed by atoms with Gasteiger partial charge in [-0.2, -0.15) is 0 Å². The van der Waals surface area contributed by atoms with Gasteiger partial charge in [-0.15, -0.1) is 0 Å². The zero-order chi connectivity index (χ0) is 12.0. The lowest BCUT2D eigenvalue weighted by atomic mass is 9.85. The van der Waals surface area contributed by atoms with Gasteiger partial charge in [-0.05, 0) is 27.2 Å². The molecule has 0 N–H and O–H groups in total. The molecule has 2 heterocycles. The van der Waals surface area contributed by atoms with E-state index in [1.807, 2.05) is 20.8 Å². The standard InChI is InChI=1S/C11H18BNO3/c1-6-11(5)10(3,4)15-12(16-11)9-7-13-8(2)14-9/h7H,6H2,1-5H3. The highest BCUT2D eigenvalue weighted by Gasteiger charge is 2.54. The summed E-state index contributed by atoms with van der Waals surface area (Å²) < 4.78 is 17.3. The predicted molar refractivity (Wildman–Crippen MR) is 61.6 cm³/mol. The fourth-order valence-electron chi connectivity index (χ4n) is 1.91. The van der Waals surface area contributed by atoms with E-state index in [-0.39, 0.29) is 11.2 Å². The molecule has 16 heavy (non-hydrogen) atoms. The van der Waals surface area contributed by atoms with Crippen molar-refractivity contribution in [2.45, 2.75) is 52.2 Å². The second-order valence-electron chi connectivity index (χ2n) is 4.94. The molecule has 1 atom stereocenters. The van der Waals surface area contributed by atoms with E-state index in [2.05, 4.69) is 18.8 Å². The highest BCUT2D eigenvalue weighted by atomic mass is 16.7. The smallest absolute Gasteiger partial charge is 0.450 e. The first-order valence-electron chi connectivity index (χ1n) is 5.66. The van der Waals surface area contributed by atoms with Crippen LogP contribution in [0.4, 0.5) is 0 Å². The third-order valence-electron chi connectivity index (χ3n) is 3.59. The Morgan fingerprint density at radius 2 is 2.00 bits per heavy atom. The third kappa shape index (κ3) is 1.68. The molecule has 0 radical (unpaired) electrons. The van der Waals surface area contributed by atoms with Crippen LogP contribution in [-0.2, 0) is 9.31 Å². The van der Waals surface area contributed by atoms with Gasteiger partial charge in [0.1, 0.15) is 0 Å². The lowest BCUT2D eigenvalue weighted by Crippen LogP contribution is -2.44. The first kappa shape index (κ1) is 11.7. The molecule has 0 aromatic carbocycles. The van der Waals surface area contributed by atoms with E-state index >= 15 is 0 Å². The Balaban J connectivity index is 2.24. The van der Waals surface area contributed by atoms with Gasteiger partial charge in [0.15, 0.2) is 11.6 Å². The van der Waals surface area contributed by atoms with Crippen molar-refractivity contribution in [3.63, 3.8) is 0 Å². The monoisotopic (exact) mass is 223 g/mol. The number of hydrogen-bond donors (Lipinski definition) is 0. The Labute approximate surface area is 96.5 Å². The van der Waals surface area contributed by atoms with Crippen molar-refractivity contribution in [2.75, 3.05) is 0 Å². The summed E-state index contributed by atoms with van der Waals surface area (Å²) in [5.41, 5.74) is 0.0219. The molecule has 4 nitrogen and oxygen atoms in total. The zero-order valence-corrected chi connectivity index (χ0v) is 10.5. The van der Waals surface area contributed by atoms with Crippen molar-refractivity contribution in [3.8, 4) is 0 Å². The number of nitrogens with zero attached hydrogens (tertiary/aromatic N) is 1. The summed E-state index contributed by atoms with van der Waals surface area (Å²) in [4.78, 5) is 4.06. The Kier molecular flexibility index (Phi) is 2.63. The fraction of sp³-hybridized carbons (Fsp3) is 0.727. The van der Waals surface area contributed by atoms with Crippen LogP contribution in [-0.4, -0.2) is 23.3 Å². The molecule has 0 spiro atoms. The predicted octanol–water partition coefficient (Wildman–Crippen LogP) is 1.67. The maximum absolute atomic E-state index is 5.96. The van der Waals surface area contributed by atoms with Gasteiger partial charge in [0.25, 0.3) is 0 Å². The maximum atomic E-state index is 5.96. The van der Waals surface area contributed by atoms with Crippen molar-refractivity contribution in [1.82, 2.24) is 4.98 Å². The van der Waals surface area contributed by atoms with Crippen LogP contribution in [0.5, 0.6) is 0 Å². The van der Waals surface area contributed by atoms with E-state index in [9.17, 15) is 0 Å². The average Bonchev–Trinajstić information content (AvgIpc) is 2.71. The van der Waals surface area contributed by atoms with Gasteiger partial charge in [0.05, 0.1) is 17.4 Å². The van der Waals surface area contributed by atoms with Crippen molar-refractivity contribution < 1.29 is 13.7 Å². The van der Waals surface area contributed by atoms with Gasteiger partial charge in [-0.3, -0.25) is 0 Å². The summed E-state index contributed by atoms with van der Waals surface area (Å²) in [7, 11) is -0.443. The molecule has 0 bridgehead atoms. The molecule has 0 amide bonds. The van der Waals surface area contributed by atoms with Gasteiger partial charge in [-0.1, -0.05) is 6.92 Å². The van der Waals surface area contributed by atoms with Crippen LogP contribution in [0.25, 0.3) is 0 Å². The summed E-state index contributed by atoms with van der Waals surface area (Å²) in [6.07, 6.45) is 2.56. The van der Waals surface area contributed by atoms with Gasteiger partial charge in [0, 0.05) is 6.92 Å². The topological polar surface area (TPSA) is 44.5 Å². The Bertz CT molecular complexity index is 390. The first-order valence-corrected chi connectivity index (χ1v) is 5.66. The molecule has 1 saturated heterocycles. The van der Waals surface area contributed by atoms with Crippen LogP contribution in [0, 0.1) is 6.92 Å². The summed E-state index contributed by atoms with van der Waals surface area (Å²) in [5.74, 6) is 0.630. The summed E-state index contributed by atoms with van der Waals surface area (Å²) >= 11 is 0. The lowest BCUT2D eigenvalue weighted by molar-refractivity contribution is -0.0118. The van der Waals surface area contributed by atoms with Crippen molar-refractivity contribution in [1.29, 1.82) is 0 Å². The average molecular weight is 223 g/mol. The third-order valence-corrected chi connectivity index (χ3v) is 3.59. The molecule has 1 aliphatic heterocycles. The van der Waals surface area contributed by atoms with Crippen LogP contribution in [0.15, 0.2) is 10.6 Å². The largest absolute Gasteiger partial charge is 0.534 e. The van der Waals surface area contributed by atoms with Crippen LogP contribution in [0.3, 0.4) is 0 Å². The zero-order valence-electron chi connectivity index (χ0n) is 10.5. The van der Waals surface area contributed by atoms with E-state index in [1.165, 1.54) is 0 Å². The Morgan fingerprint density at radius 1 is 1.31 bits per heavy atom. The van der Waals surface area contributed by atoms with Crippen molar-refractivity contribution >= 4 is 12.8 Å². The quantitative estimate of drug-likeness (QED) is 0.715. The molecular formula is C11H18BNO3. The number of hydrogen-bond acceptors (Lipinski definition) is 4. The minimum atomic E-state index is -0.443. The molecule has 1 aromatic rings. The SMILES string of the molecule is CCC1(C)OB(c2cnc(C)o2)OC1(C)C. The summed E-state index contributed by atoms with van der Waals surface area (Å²) in [5, 5.41) is 0. The second-order valence-corrected chi connectivity index (χ2v) is 4.94. The minimum absolute atomic E-state index is 0.293. The Morgan fingerprint density at radius 3 is 2.44 bits per heavy atom. The van der Waals surface area contributed by atoms with Gasteiger partial charge < -0.3 is 13.7 Å². The minimum Gasteiger partial charge on any atom is -0.450 e. The first-order chi connectivity index (χ1) is 7.38. The molecular weight excluding hydrogens is 205 g/mol. The van der Waals surface area contributed by atoms with E-state index in [4.69, 9.17) is 13.7 Å². The van der Waals surface area contributed by atoms with Crippen LogP contribution >= 0.6 is 0 Å². The van der Waals surface area contributed by atoms with Crippen LogP contribution in [0.2, 0.25) is 0 Å². The molecule has 0 saturated carbocycles. The van der Waals surface area contributed by atoms with E-state index in [0.29, 0.717) is 11.6 Å². The number of aromatic nitrogens is 1. The van der Waals surface area contributed by atoms with Crippen molar-refractivity contribution in [3.05, 3.63) is 12.1 Å². The number of aryl methyl sites for hydroxylation is 1. The highest BCUT2D eigenvalue weighted by molar-refractivity contribution is 6.60.